The summed E-state index contributed by atoms with van der Waals surface area (Å²) in [5.41, 5.74) is 8.41. The molecular formula is C16H24N2O. The minimum Gasteiger partial charge on any atom is -0.341 e. The van der Waals surface area contributed by atoms with Crippen LogP contribution in [0.1, 0.15) is 43.9 Å². The van der Waals surface area contributed by atoms with Gasteiger partial charge in [0.05, 0.1) is 0 Å². The highest BCUT2D eigenvalue weighted by atomic mass is 16.2. The molecule has 0 aromatic heterocycles. The van der Waals surface area contributed by atoms with E-state index in [0.717, 1.165) is 25.1 Å². The Kier molecular flexibility index (Phi) is 3.95. The van der Waals surface area contributed by atoms with E-state index in [1.54, 1.807) is 0 Å². The zero-order valence-corrected chi connectivity index (χ0v) is 12.1. The fourth-order valence-corrected chi connectivity index (χ4v) is 2.72. The highest BCUT2D eigenvalue weighted by Crippen LogP contribution is 2.29. The molecule has 1 heterocycles. The van der Waals surface area contributed by atoms with Gasteiger partial charge in [0.15, 0.2) is 0 Å². The van der Waals surface area contributed by atoms with E-state index in [-0.39, 0.29) is 11.3 Å². The van der Waals surface area contributed by atoms with E-state index in [1.165, 1.54) is 12.0 Å². The summed E-state index contributed by atoms with van der Waals surface area (Å²) in [6.07, 6.45) is 2.25. The lowest BCUT2D eigenvalue weighted by atomic mass is 9.84. The highest BCUT2D eigenvalue weighted by molar-refractivity contribution is 5.83. The van der Waals surface area contributed by atoms with E-state index in [4.69, 9.17) is 5.73 Å². The molecule has 0 bridgehead atoms. The van der Waals surface area contributed by atoms with Crippen molar-refractivity contribution in [2.75, 3.05) is 13.1 Å². The maximum atomic E-state index is 12.5. The molecule has 2 rings (SSSR count). The van der Waals surface area contributed by atoms with Crippen molar-refractivity contribution in [2.24, 2.45) is 11.1 Å². The molecule has 2 N–H and O–H groups in total. The zero-order chi connectivity index (χ0) is 14.0. The highest BCUT2D eigenvalue weighted by Gasteiger charge is 2.31. The quantitative estimate of drug-likeness (QED) is 0.888. The van der Waals surface area contributed by atoms with Crippen LogP contribution < -0.4 is 5.73 Å². The van der Waals surface area contributed by atoms with Gasteiger partial charge in [0.1, 0.15) is 6.04 Å². The summed E-state index contributed by atoms with van der Waals surface area (Å²) in [7, 11) is 0. The second-order valence-corrected chi connectivity index (χ2v) is 6.42. The van der Waals surface area contributed by atoms with Crippen LogP contribution in [-0.2, 0) is 4.79 Å². The Bertz CT molecular complexity index is 450. The van der Waals surface area contributed by atoms with Crippen LogP contribution in [0.5, 0.6) is 0 Å². The summed E-state index contributed by atoms with van der Waals surface area (Å²) < 4.78 is 0. The third-order valence-electron chi connectivity index (χ3n) is 3.91. The van der Waals surface area contributed by atoms with Crippen molar-refractivity contribution in [2.45, 2.75) is 39.7 Å². The van der Waals surface area contributed by atoms with Gasteiger partial charge < -0.3 is 10.6 Å². The minimum atomic E-state index is -0.533. The summed E-state index contributed by atoms with van der Waals surface area (Å²) in [5, 5.41) is 0. The molecule has 19 heavy (non-hydrogen) atoms. The van der Waals surface area contributed by atoms with E-state index in [2.05, 4.69) is 13.8 Å². The van der Waals surface area contributed by atoms with Crippen LogP contribution in [-0.4, -0.2) is 23.9 Å². The molecule has 0 radical (unpaired) electrons. The Hall–Kier alpha value is -1.35. The first-order valence-corrected chi connectivity index (χ1v) is 7.00. The van der Waals surface area contributed by atoms with E-state index in [9.17, 15) is 4.79 Å². The van der Waals surface area contributed by atoms with E-state index in [1.807, 2.05) is 36.1 Å². The number of amides is 1. The molecule has 1 aliphatic rings. The number of benzene rings is 1. The molecule has 104 valence electrons. The Morgan fingerprint density at radius 1 is 1.32 bits per heavy atom. The average molecular weight is 260 g/mol. The molecule has 0 saturated carbocycles. The van der Waals surface area contributed by atoms with Crippen LogP contribution >= 0.6 is 0 Å². The Morgan fingerprint density at radius 3 is 2.53 bits per heavy atom. The average Bonchev–Trinajstić information content (AvgIpc) is 2.37. The number of likely N-dealkylation sites (tertiary alicyclic amines) is 1. The molecule has 1 amide bonds. The summed E-state index contributed by atoms with van der Waals surface area (Å²) in [5.74, 6) is 0.0524. The van der Waals surface area contributed by atoms with E-state index in [0.29, 0.717) is 0 Å². The summed E-state index contributed by atoms with van der Waals surface area (Å²) in [6.45, 7) is 8.10. The predicted octanol–water partition coefficient (Wildman–Crippen LogP) is 2.64. The van der Waals surface area contributed by atoms with Gasteiger partial charge in [0.25, 0.3) is 0 Å². The minimum absolute atomic E-state index is 0.0524. The Balaban J connectivity index is 2.08. The van der Waals surface area contributed by atoms with Gasteiger partial charge in [-0.15, -0.1) is 0 Å². The smallest absolute Gasteiger partial charge is 0.244 e. The standard InChI is InChI=1S/C16H24N2O/c1-12-5-7-13(8-6-12)14(17)15(19)18-10-4-9-16(2,3)11-18/h5-8,14H,4,9-11,17H2,1-3H3. The van der Waals surface area contributed by atoms with E-state index < -0.39 is 6.04 Å². The van der Waals surface area contributed by atoms with Gasteiger partial charge in [0.2, 0.25) is 5.91 Å². The van der Waals surface area contributed by atoms with Crippen LogP contribution in [0.4, 0.5) is 0 Å². The van der Waals surface area contributed by atoms with Crippen molar-refractivity contribution in [1.82, 2.24) is 4.90 Å². The second kappa shape index (κ2) is 5.33. The fourth-order valence-electron chi connectivity index (χ4n) is 2.72. The van der Waals surface area contributed by atoms with Gasteiger partial charge in [-0.05, 0) is 30.7 Å². The number of carbonyl (C=O) groups excluding carboxylic acids is 1. The summed E-state index contributed by atoms with van der Waals surface area (Å²) in [6, 6.07) is 7.38. The monoisotopic (exact) mass is 260 g/mol. The number of hydrogen-bond acceptors (Lipinski definition) is 2. The van der Waals surface area contributed by atoms with E-state index >= 15 is 0 Å². The van der Waals surface area contributed by atoms with Crippen LogP contribution in [0.25, 0.3) is 0 Å². The van der Waals surface area contributed by atoms with Crippen molar-refractivity contribution < 1.29 is 4.79 Å². The lowest BCUT2D eigenvalue weighted by molar-refractivity contribution is -0.135. The fraction of sp³-hybridized carbons (Fsp3) is 0.562. The SMILES string of the molecule is Cc1ccc(C(N)C(=O)N2CCCC(C)(C)C2)cc1. The van der Waals surface area contributed by atoms with Gasteiger partial charge in [0, 0.05) is 13.1 Å². The van der Waals surface area contributed by atoms with Crippen molar-refractivity contribution in [3.8, 4) is 0 Å². The summed E-state index contributed by atoms with van der Waals surface area (Å²) in [4.78, 5) is 14.4. The van der Waals surface area contributed by atoms with Crippen molar-refractivity contribution >= 4 is 5.91 Å². The lowest BCUT2D eigenvalue weighted by Gasteiger charge is -2.39. The number of nitrogens with zero attached hydrogens (tertiary/aromatic N) is 1. The Labute approximate surface area is 115 Å². The molecule has 3 heteroatoms. The third kappa shape index (κ3) is 3.35. The zero-order valence-electron chi connectivity index (χ0n) is 12.1. The van der Waals surface area contributed by atoms with Gasteiger partial charge in [-0.3, -0.25) is 4.79 Å². The Morgan fingerprint density at radius 2 is 1.95 bits per heavy atom. The first-order valence-electron chi connectivity index (χ1n) is 7.00. The molecule has 0 spiro atoms. The molecule has 1 aromatic carbocycles. The maximum absolute atomic E-state index is 12.5. The number of rotatable bonds is 2. The molecule has 1 atom stereocenters. The summed E-state index contributed by atoms with van der Waals surface area (Å²) >= 11 is 0. The predicted molar refractivity (Wildman–Crippen MR) is 77.7 cm³/mol. The molecule has 1 unspecified atom stereocenters. The van der Waals surface area contributed by atoms with Crippen molar-refractivity contribution in [3.63, 3.8) is 0 Å². The molecule has 1 aromatic rings. The third-order valence-corrected chi connectivity index (χ3v) is 3.91. The molecule has 3 nitrogen and oxygen atoms in total. The normalized spacial score (nSPS) is 20.1. The number of piperidine rings is 1. The lowest BCUT2D eigenvalue weighted by Crippen LogP contribution is -2.47. The van der Waals surface area contributed by atoms with Gasteiger partial charge in [-0.2, -0.15) is 0 Å². The van der Waals surface area contributed by atoms with Crippen molar-refractivity contribution in [1.29, 1.82) is 0 Å². The topological polar surface area (TPSA) is 46.3 Å². The first kappa shape index (κ1) is 14.1. The maximum Gasteiger partial charge on any atom is 0.244 e. The number of carbonyl (C=O) groups is 1. The van der Waals surface area contributed by atoms with Gasteiger partial charge in [-0.1, -0.05) is 43.7 Å². The van der Waals surface area contributed by atoms with Crippen molar-refractivity contribution in [3.05, 3.63) is 35.4 Å². The van der Waals surface area contributed by atoms with Crippen LogP contribution in [0.2, 0.25) is 0 Å². The molecule has 1 fully saturated rings. The van der Waals surface area contributed by atoms with Crippen LogP contribution in [0.3, 0.4) is 0 Å². The number of hydrogen-bond donors (Lipinski definition) is 1. The van der Waals surface area contributed by atoms with Gasteiger partial charge >= 0.3 is 0 Å². The largest absolute Gasteiger partial charge is 0.341 e. The molecular weight excluding hydrogens is 236 g/mol. The van der Waals surface area contributed by atoms with Gasteiger partial charge in [-0.25, -0.2) is 0 Å². The number of nitrogens with two attached hydrogens (primary N) is 1. The first-order chi connectivity index (χ1) is 8.89. The number of aryl methyl sites for hydroxylation is 1. The molecule has 0 aliphatic carbocycles. The molecule has 1 saturated heterocycles. The molecule has 1 aliphatic heterocycles. The van der Waals surface area contributed by atoms with Crippen LogP contribution in [0, 0.1) is 12.3 Å². The second-order valence-electron chi connectivity index (χ2n) is 6.42. The van der Waals surface area contributed by atoms with Crippen LogP contribution in [0.15, 0.2) is 24.3 Å².